The van der Waals surface area contributed by atoms with Crippen LogP contribution < -0.4 is 0 Å². The van der Waals surface area contributed by atoms with Crippen molar-refractivity contribution in [2.24, 2.45) is 0 Å². The lowest BCUT2D eigenvalue weighted by Gasteiger charge is -2.16. The van der Waals surface area contributed by atoms with E-state index in [1.165, 1.54) is 11.3 Å². The lowest BCUT2D eigenvalue weighted by Crippen LogP contribution is -2.25. The quantitative estimate of drug-likeness (QED) is 0.883. The topological polar surface area (TPSA) is 53.4 Å². The minimum Gasteiger partial charge on any atom is -0.384 e. The van der Waals surface area contributed by atoms with E-state index in [-0.39, 0.29) is 12.5 Å². The highest BCUT2D eigenvalue weighted by molar-refractivity contribution is 7.13. The van der Waals surface area contributed by atoms with Gasteiger partial charge in [-0.25, -0.2) is 4.98 Å². The highest BCUT2D eigenvalue weighted by Gasteiger charge is 2.14. The Morgan fingerprint density at radius 3 is 2.95 bits per heavy atom. The number of carbonyl (C=O) groups excluding carboxylic acids is 1. The lowest BCUT2D eigenvalue weighted by atomic mass is 10.1. The third-order valence-electron chi connectivity index (χ3n) is 2.84. The number of hydrogen-bond acceptors (Lipinski definition) is 4. The number of carbonyl (C=O) groups is 1. The number of hydrogen-bond donors (Lipinski definition) is 1. The summed E-state index contributed by atoms with van der Waals surface area (Å²) in [6.07, 6.45) is 1.61. The van der Waals surface area contributed by atoms with Gasteiger partial charge in [0.25, 0.3) is 5.91 Å². The van der Waals surface area contributed by atoms with Gasteiger partial charge in [0, 0.05) is 19.2 Å². The number of thiazole rings is 1. The maximum Gasteiger partial charge on any atom is 0.265 e. The van der Waals surface area contributed by atoms with Crippen molar-refractivity contribution in [2.75, 3.05) is 13.7 Å². The maximum absolute atomic E-state index is 12.3. The van der Waals surface area contributed by atoms with Gasteiger partial charge in [0.05, 0.1) is 11.2 Å². The zero-order valence-electron chi connectivity index (χ0n) is 12.0. The fourth-order valence-corrected chi connectivity index (χ4v) is 2.66. The van der Waals surface area contributed by atoms with Gasteiger partial charge in [-0.1, -0.05) is 24.0 Å². The van der Waals surface area contributed by atoms with Crippen LogP contribution in [0.1, 0.15) is 25.8 Å². The summed E-state index contributed by atoms with van der Waals surface area (Å²) in [5, 5.41) is 9.59. The summed E-state index contributed by atoms with van der Waals surface area (Å²) in [6, 6.07) is 7.64. The van der Waals surface area contributed by atoms with Crippen LogP contribution in [-0.2, 0) is 6.54 Å². The van der Waals surface area contributed by atoms with Crippen molar-refractivity contribution in [3.63, 3.8) is 0 Å². The smallest absolute Gasteiger partial charge is 0.265 e. The molecule has 0 aliphatic heterocycles. The molecule has 0 atom stereocenters. The molecule has 0 unspecified atom stereocenters. The van der Waals surface area contributed by atoms with Gasteiger partial charge in [0.1, 0.15) is 11.5 Å². The van der Waals surface area contributed by atoms with Gasteiger partial charge >= 0.3 is 0 Å². The molecule has 2 rings (SSSR count). The van der Waals surface area contributed by atoms with E-state index in [0.29, 0.717) is 11.4 Å². The lowest BCUT2D eigenvalue weighted by molar-refractivity contribution is 0.0789. The molecule has 1 aromatic carbocycles. The Morgan fingerprint density at radius 2 is 2.29 bits per heavy atom. The van der Waals surface area contributed by atoms with Crippen molar-refractivity contribution >= 4 is 17.2 Å². The number of aryl methyl sites for hydroxylation is 1. The Kier molecular flexibility index (Phi) is 5.09. The fourth-order valence-electron chi connectivity index (χ4n) is 1.88. The van der Waals surface area contributed by atoms with Crippen molar-refractivity contribution in [3.05, 3.63) is 51.5 Å². The Hall–Kier alpha value is -2.16. The summed E-state index contributed by atoms with van der Waals surface area (Å²) in [4.78, 5) is 18.7. The number of amides is 1. The van der Waals surface area contributed by atoms with Gasteiger partial charge in [-0.15, -0.1) is 11.3 Å². The zero-order chi connectivity index (χ0) is 15.2. The van der Waals surface area contributed by atoms with Crippen LogP contribution in [0.15, 0.2) is 30.5 Å². The molecule has 4 nitrogen and oxygen atoms in total. The Balaban J connectivity index is 2.08. The number of benzene rings is 1. The molecule has 1 amide bonds. The predicted octanol–water partition coefficient (Wildman–Crippen LogP) is 2.07. The van der Waals surface area contributed by atoms with Crippen LogP contribution in [0.5, 0.6) is 0 Å². The first-order valence-corrected chi connectivity index (χ1v) is 7.28. The van der Waals surface area contributed by atoms with Gasteiger partial charge < -0.3 is 10.0 Å². The largest absolute Gasteiger partial charge is 0.384 e. The predicted molar refractivity (Wildman–Crippen MR) is 83.1 cm³/mol. The first-order chi connectivity index (χ1) is 10.1. The van der Waals surface area contributed by atoms with Crippen LogP contribution in [0.3, 0.4) is 0 Å². The number of aliphatic hydroxyl groups excluding tert-OH is 1. The molecular weight excluding hydrogens is 284 g/mol. The van der Waals surface area contributed by atoms with Crippen molar-refractivity contribution in [1.29, 1.82) is 0 Å². The Bertz CT molecular complexity index is 698. The molecule has 0 spiro atoms. The highest BCUT2D eigenvalue weighted by atomic mass is 32.1. The number of aliphatic hydroxyl groups is 1. The van der Waals surface area contributed by atoms with E-state index in [1.54, 1.807) is 18.1 Å². The average Bonchev–Trinajstić information content (AvgIpc) is 2.91. The molecule has 1 heterocycles. The molecular formula is C16H16N2O2S. The summed E-state index contributed by atoms with van der Waals surface area (Å²) in [5.74, 6) is 5.44. The number of rotatable bonds is 3. The summed E-state index contributed by atoms with van der Waals surface area (Å²) >= 11 is 1.40. The minimum absolute atomic E-state index is 0.0348. The Labute approximate surface area is 128 Å². The van der Waals surface area contributed by atoms with Crippen LogP contribution in [-0.4, -0.2) is 34.6 Å². The molecule has 0 aliphatic carbocycles. The molecule has 0 saturated heterocycles. The maximum atomic E-state index is 12.3. The number of aromatic nitrogens is 1. The van der Waals surface area contributed by atoms with Crippen molar-refractivity contribution in [2.45, 2.75) is 13.5 Å². The second-order valence-electron chi connectivity index (χ2n) is 4.57. The van der Waals surface area contributed by atoms with E-state index < -0.39 is 0 Å². The molecule has 5 heteroatoms. The average molecular weight is 300 g/mol. The summed E-state index contributed by atoms with van der Waals surface area (Å²) in [6.45, 7) is 2.22. The van der Waals surface area contributed by atoms with Gasteiger partial charge in [0.15, 0.2) is 0 Å². The zero-order valence-corrected chi connectivity index (χ0v) is 12.8. The molecule has 0 fully saturated rings. The van der Waals surface area contributed by atoms with Crippen LogP contribution in [0, 0.1) is 18.8 Å². The molecule has 0 radical (unpaired) electrons. The fraction of sp³-hybridized carbons (Fsp3) is 0.250. The second-order valence-corrected chi connectivity index (χ2v) is 5.80. The third kappa shape index (κ3) is 4.15. The van der Waals surface area contributed by atoms with Crippen molar-refractivity contribution in [1.82, 2.24) is 9.88 Å². The molecule has 2 aromatic rings. The van der Waals surface area contributed by atoms with Gasteiger partial charge in [-0.05, 0) is 24.6 Å². The van der Waals surface area contributed by atoms with Gasteiger partial charge in [0.2, 0.25) is 0 Å². The molecule has 0 bridgehead atoms. The van der Waals surface area contributed by atoms with Crippen LogP contribution in [0.25, 0.3) is 0 Å². The van der Waals surface area contributed by atoms with E-state index in [2.05, 4.69) is 16.8 Å². The van der Waals surface area contributed by atoms with E-state index in [4.69, 9.17) is 5.11 Å². The molecule has 108 valence electrons. The second kappa shape index (κ2) is 7.02. The molecule has 0 saturated carbocycles. The number of nitrogens with zero attached hydrogens (tertiary/aromatic N) is 2. The first-order valence-electron chi connectivity index (χ1n) is 6.46. The summed E-state index contributed by atoms with van der Waals surface area (Å²) < 4.78 is 0. The van der Waals surface area contributed by atoms with E-state index >= 15 is 0 Å². The van der Waals surface area contributed by atoms with Gasteiger partial charge in [-0.2, -0.15) is 0 Å². The summed E-state index contributed by atoms with van der Waals surface area (Å²) in [7, 11) is 1.77. The van der Waals surface area contributed by atoms with Crippen molar-refractivity contribution < 1.29 is 9.90 Å². The van der Waals surface area contributed by atoms with Crippen LogP contribution in [0.4, 0.5) is 0 Å². The van der Waals surface area contributed by atoms with Crippen molar-refractivity contribution in [3.8, 4) is 11.8 Å². The van der Waals surface area contributed by atoms with E-state index in [9.17, 15) is 4.79 Å². The SMILES string of the molecule is Cc1ncc(C(=O)N(C)Cc2cccc(C#CCO)c2)s1. The monoisotopic (exact) mass is 300 g/mol. The van der Waals surface area contributed by atoms with Crippen LogP contribution in [0.2, 0.25) is 0 Å². The molecule has 1 aromatic heterocycles. The molecule has 0 aliphatic rings. The standard InChI is InChI=1S/C16H16N2O2S/c1-12-17-10-15(21-12)16(20)18(2)11-14-6-3-5-13(9-14)7-4-8-19/h3,5-6,9-10,19H,8,11H2,1-2H3. The highest BCUT2D eigenvalue weighted by Crippen LogP contribution is 2.15. The van der Waals surface area contributed by atoms with E-state index in [1.807, 2.05) is 31.2 Å². The van der Waals surface area contributed by atoms with E-state index in [0.717, 1.165) is 16.1 Å². The molecule has 1 N–H and O–H groups in total. The molecule has 21 heavy (non-hydrogen) atoms. The normalized spacial score (nSPS) is 9.86. The Morgan fingerprint density at radius 1 is 1.48 bits per heavy atom. The minimum atomic E-state index is -0.159. The van der Waals surface area contributed by atoms with Crippen LogP contribution >= 0.6 is 11.3 Å². The first kappa shape index (κ1) is 15.2. The van der Waals surface area contributed by atoms with Gasteiger partial charge in [-0.3, -0.25) is 4.79 Å². The third-order valence-corrected chi connectivity index (χ3v) is 3.74. The summed E-state index contributed by atoms with van der Waals surface area (Å²) in [5.41, 5.74) is 1.83.